The van der Waals surface area contributed by atoms with Crippen LogP contribution in [0.2, 0.25) is 5.02 Å². The molecule has 0 aromatic heterocycles. The van der Waals surface area contributed by atoms with Crippen molar-refractivity contribution >= 4 is 23.5 Å². The van der Waals surface area contributed by atoms with Crippen LogP contribution in [-0.4, -0.2) is 31.8 Å². The van der Waals surface area contributed by atoms with Crippen LogP contribution in [0.1, 0.15) is 25.8 Å². The van der Waals surface area contributed by atoms with Crippen molar-refractivity contribution in [1.82, 2.24) is 0 Å². The molecule has 0 unspecified atom stereocenters. The third-order valence-corrected chi connectivity index (χ3v) is 3.37. The molecule has 0 amide bonds. The minimum Gasteiger partial charge on any atom is -0.494 e. The van der Waals surface area contributed by atoms with Gasteiger partial charge in [0, 0.05) is 11.4 Å². The van der Waals surface area contributed by atoms with Crippen LogP contribution in [0, 0.1) is 12.8 Å². The van der Waals surface area contributed by atoms with Crippen LogP contribution in [0.25, 0.3) is 0 Å². The predicted octanol–water partition coefficient (Wildman–Crippen LogP) is 3.16. The van der Waals surface area contributed by atoms with E-state index in [1.807, 2.05) is 6.92 Å². The number of rotatable bonds is 8. The van der Waals surface area contributed by atoms with Crippen molar-refractivity contribution in [2.45, 2.75) is 27.2 Å². The summed E-state index contributed by atoms with van der Waals surface area (Å²) in [7, 11) is 0. The highest BCUT2D eigenvalue weighted by Crippen LogP contribution is 2.21. The Hall–Kier alpha value is -1.75. The highest BCUT2D eigenvalue weighted by molar-refractivity contribution is 6.31. The topological polar surface area (TPSA) is 61.8 Å². The summed E-state index contributed by atoms with van der Waals surface area (Å²) in [4.78, 5) is 23.6. The Kier molecular flexibility index (Phi) is 7.74. The highest BCUT2D eigenvalue weighted by atomic mass is 35.5. The van der Waals surface area contributed by atoms with E-state index in [2.05, 4.69) is 0 Å². The lowest BCUT2D eigenvalue weighted by molar-refractivity contribution is -0.162. The second-order valence-electron chi connectivity index (χ2n) is 4.60. The summed E-state index contributed by atoms with van der Waals surface area (Å²) >= 11 is 5.94. The van der Waals surface area contributed by atoms with Crippen molar-refractivity contribution in [3.8, 4) is 5.75 Å². The Morgan fingerprint density at radius 1 is 1.14 bits per heavy atom. The van der Waals surface area contributed by atoms with Gasteiger partial charge >= 0.3 is 11.9 Å². The molecule has 0 aliphatic rings. The fourth-order valence-corrected chi connectivity index (χ4v) is 1.94. The van der Waals surface area contributed by atoms with Crippen molar-refractivity contribution in [2.75, 3.05) is 19.8 Å². The van der Waals surface area contributed by atoms with Gasteiger partial charge in [-0.2, -0.15) is 0 Å². The molecular formula is C16H21ClO5. The Labute approximate surface area is 135 Å². The third kappa shape index (κ3) is 5.56. The van der Waals surface area contributed by atoms with Gasteiger partial charge in [0.25, 0.3) is 0 Å². The normalized spacial score (nSPS) is 10.4. The summed E-state index contributed by atoms with van der Waals surface area (Å²) in [5, 5.41) is 0.656. The Bertz CT molecular complexity index is 497. The lowest BCUT2D eigenvalue weighted by atomic mass is 10.1. The van der Waals surface area contributed by atoms with Crippen LogP contribution in [0.4, 0.5) is 0 Å². The van der Waals surface area contributed by atoms with Crippen LogP contribution < -0.4 is 4.74 Å². The fraction of sp³-hybridized carbons (Fsp3) is 0.500. The Morgan fingerprint density at radius 3 is 2.23 bits per heavy atom. The van der Waals surface area contributed by atoms with Crippen LogP contribution in [0.5, 0.6) is 5.75 Å². The second kappa shape index (κ2) is 9.30. The molecular weight excluding hydrogens is 308 g/mol. The van der Waals surface area contributed by atoms with Crippen molar-refractivity contribution in [2.24, 2.45) is 5.92 Å². The minimum absolute atomic E-state index is 0.194. The quantitative estimate of drug-likeness (QED) is 0.542. The van der Waals surface area contributed by atoms with E-state index in [0.29, 0.717) is 10.8 Å². The highest BCUT2D eigenvalue weighted by Gasteiger charge is 2.29. The van der Waals surface area contributed by atoms with Gasteiger partial charge in [-0.15, -0.1) is 0 Å². The second-order valence-corrected chi connectivity index (χ2v) is 5.01. The zero-order chi connectivity index (χ0) is 16.5. The summed E-state index contributed by atoms with van der Waals surface area (Å²) in [6.07, 6.45) is 0.194. The van der Waals surface area contributed by atoms with E-state index in [9.17, 15) is 9.59 Å². The van der Waals surface area contributed by atoms with Crippen LogP contribution in [0.3, 0.4) is 0 Å². The molecule has 0 saturated heterocycles. The summed E-state index contributed by atoms with van der Waals surface area (Å²) in [6, 6.07) is 5.27. The smallest absolute Gasteiger partial charge is 0.320 e. The molecule has 1 aromatic carbocycles. The molecule has 0 aliphatic heterocycles. The molecule has 0 saturated carbocycles. The lowest BCUT2D eigenvalue weighted by Crippen LogP contribution is -2.29. The molecule has 22 heavy (non-hydrogen) atoms. The molecule has 0 radical (unpaired) electrons. The van der Waals surface area contributed by atoms with Gasteiger partial charge in [0.1, 0.15) is 5.75 Å². The van der Waals surface area contributed by atoms with Gasteiger partial charge < -0.3 is 14.2 Å². The summed E-state index contributed by atoms with van der Waals surface area (Å²) in [5.74, 6) is -1.50. The maximum absolute atomic E-state index is 11.8. The molecule has 0 bridgehead atoms. The first kappa shape index (κ1) is 18.3. The van der Waals surface area contributed by atoms with Crippen LogP contribution in [0.15, 0.2) is 18.2 Å². The monoisotopic (exact) mass is 328 g/mol. The summed E-state index contributed by atoms with van der Waals surface area (Å²) < 4.78 is 15.3. The third-order valence-electron chi connectivity index (χ3n) is 2.95. The largest absolute Gasteiger partial charge is 0.494 e. The number of carbonyl (C=O) groups excluding carboxylic acids is 2. The average molecular weight is 329 g/mol. The van der Waals surface area contributed by atoms with Crippen molar-refractivity contribution in [3.63, 3.8) is 0 Å². The molecule has 0 atom stereocenters. The first-order chi connectivity index (χ1) is 10.5. The van der Waals surface area contributed by atoms with Gasteiger partial charge in [-0.3, -0.25) is 9.59 Å². The van der Waals surface area contributed by atoms with E-state index < -0.39 is 17.9 Å². The van der Waals surface area contributed by atoms with Gasteiger partial charge in [-0.25, -0.2) is 0 Å². The van der Waals surface area contributed by atoms with Gasteiger partial charge in [-0.05, 0) is 44.5 Å². The molecule has 1 aromatic rings. The molecule has 6 heteroatoms. The number of benzene rings is 1. The van der Waals surface area contributed by atoms with Crippen molar-refractivity contribution in [1.29, 1.82) is 0 Å². The predicted molar refractivity (Wildman–Crippen MR) is 83.1 cm³/mol. The summed E-state index contributed by atoms with van der Waals surface area (Å²) in [5.41, 5.74) is 0.895. The number of halogens is 1. The SMILES string of the molecule is CCOC(=O)C(CCOc1ccc(Cl)c(C)c1)C(=O)OCC. The standard InChI is InChI=1S/C16H21ClO5/c1-4-20-15(18)13(16(19)21-5-2)8-9-22-12-6-7-14(17)11(3)10-12/h6-7,10,13H,4-5,8-9H2,1-3H3. The van der Waals surface area contributed by atoms with E-state index in [-0.39, 0.29) is 26.2 Å². The van der Waals surface area contributed by atoms with Gasteiger partial charge in [0.2, 0.25) is 0 Å². The first-order valence-corrected chi connectivity index (χ1v) is 7.59. The average Bonchev–Trinajstić information content (AvgIpc) is 2.47. The number of hydrogen-bond donors (Lipinski definition) is 0. The lowest BCUT2D eigenvalue weighted by Gasteiger charge is -2.15. The minimum atomic E-state index is -0.965. The number of esters is 2. The number of hydrogen-bond acceptors (Lipinski definition) is 5. The zero-order valence-electron chi connectivity index (χ0n) is 13.1. The van der Waals surface area contributed by atoms with Crippen molar-refractivity contribution in [3.05, 3.63) is 28.8 Å². The Morgan fingerprint density at radius 2 is 1.73 bits per heavy atom. The van der Waals surface area contributed by atoms with Crippen LogP contribution in [-0.2, 0) is 19.1 Å². The van der Waals surface area contributed by atoms with E-state index >= 15 is 0 Å². The number of ether oxygens (including phenoxy) is 3. The Balaban J connectivity index is 2.60. The summed E-state index contributed by atoms with van der Waals surface area (Å²) in [6.45, 7) is 5.87. The van der Waals surface area contributed by atoms with Gasteiger partial charge in [0.15, 0.2) is 5.92 Å². The maximum atomic E-state index is 11.8. The van der Waals surface area contributed by atoms with E-state index in [4.69, 9.17) is 25.8 Å². The van der Waals surface area contributed by atoms with Crippen LogP contribution >= 0.6 is 11.6 Å². The fourth-order valence-electron chi connectivity index (χ4n) is 1.82. The molecule has 5 nitrogen and oxygen atoms in total. The molecule has 0 N–H and O–H groups in total. The number of aryl methyl sites for hydroxylation is 1. The molecule has 0 heterocycles. The molecule has 0 aliphatic carbocycles. The maximum Gasteiger partial charge on any atom is 0.320 e. The van der Waals surface area contributed by atoms with E-state index in [1.54, 1.807) is 32.0 Å². The molecule has 1 rings (SSSR count). The molecule has 122 valence electrons. The van der Waals surface area contributed by atoms with Crippen molar-refractivity contribution < 1.29 is 23.8 Å². The van der Waals surface area contributed by atoms with Gasteiger partial charge in [-0.1, -0.05) is 11.6 Å². The molecule has 0 spiro atoms. The first-order valence-electron chi connectivity index (χ1n) is 7.21. The zero-order valence-corrected chi connectivity index (χ0v) is 13.8. The van der Waals surface area contributed by atoms with E-state index in [0.717, 1.165) is 5.56 Å². The number of carbonyl (C=O) groups is 2. The van der Waals surface area contributed by atoms with Gasteiger partial charge in [0.05, 0.1) is 19.8 Å². The van der Waals surface area contributed by atoms with E-state index in [1.165, 1.54) is 0 Å². The molecule has 0 fully saturated rings.